The van der Waals surface area contributed by atoms with E-state index < -0.39 is 6.10 Å². The van der Waals surface area contributed by atoms with Crippen LogP contribution >= 0.6 is 11.6 Å². The van der Waals surface area contributed by atoms with Gasteiger partial charge in [0.25, 0.3) is 0 Å². The number of halogens is 1. The minimum atomic E-state index is -0.489. The predicted molar refractivity (Wildman–Crippen MR) is 140 cm³/mol. The molecule has 6 nitrogen and oxygen atoms in total. The number of hydrogen-bond acceptors (Lipinski definition) is 6. The Kier molecular flexibility index (Phi) is 8.41. The Morgan fingerprint density at radius 1 is 0.972 bits per heavy atom. The second-order valence-electron chi connectivity index (χ2n) is 8.35. The maximum atomic E-state index is 12.7. The number of methoxy groups -OCH3 is 1. The molecule has 1 aromatic heterocycles. The minimum Gasteiger partial charge on any atom is -0.493 e. The average Bonchev–Trinajstić information content (AvgIpc) is 2.88. The van der Waals surface area contributed by atoms with Crippen molar-refractivity contribution in [3.05, 3.63) is 93.6 Å². The highest BCUT2D eigenvalue weighted by Crippen LogP contribution is 2.27. The van der Waals surface area contributed by atoms with E-state index >= 15 is 0 Å². The van der Waals surface area contributed by atoms with Gasteiger partial charge in [0.1, 0.15) is 28.9 Å². The van der Waals surface area contributed by atoms with E-state index in [4.69, 9.17) is 30.2 Å². The Morgan fingerprint density at radius 2 is 1.75 bits per heavy atom. The van der Waals surface area contributed by atoms with Crippen LogP contribution in [0.15, 0.2) is 82.0 Å². The van der Waals surface area contributed by atoms with E-state index in [0.29, 0.717) is 59.3 Å². The summed E-state index contributed by atoms with van der Waals surface area (Å²) in [6.07, 6.45) is 0.586. The quantitative estimate of drug-likeness (QED) is 0.228. The lowest BCUT2D eigenvalue weighted by Crippen LogP contribution is -2.22. The van der Waals surface area contributed by atoms with Crippen molar-refractivity contribution in [3.8, 4) is 22.8 Å². The molecule has 0 radical (unpaired) electrons. The Balaban J connectivity index is 1.30. The Hall–Kier alpha value is -3.61. The molecule has 0 aliphatic rings. The molecule has 7 heteroatoms. The van der Waals surface area contributed by atoms with Gasteiger partial charge in [0, 0.05) is 31.6 Å². The third-order valence-corrected chi connectivity index (χ3v) is 6.02. The number of ether oxygens (including phenoxy) is 3. The number of ketones is 1. The fourth-order valence-corrected chi connectivity index (χ4v) is 4.05. The van der Waals surface area contributed by atoms with Gasteiger partial charge in [-0.3, -0.25) is 9.59 Å². The molecular formula is C29H27ClO6. The van der Waals surface area contributed by atoms with Crippen LogP contribution < -0.4 is 14.9 Å². The topological polar surface area (TPSA) is 75.0 Å². The number of fused-ring (bicyclic) bond motifs is 1. The smallest absolute Gasteiger partial charge is 0.193 e. The van der Waals surface area contributed by atoms with E-state index in [1.807, 2.05) is 36.4 Å². The monoisotopic (exact) mass is 506 g/mol. The molecule has 1 heterocycles. The van der Waals surface area contributed by atoms with Gasteiger partial charge >= 0.3 is 0 Å². The molecule has 1 atom stereocenters. The zero-order valence-electron chi connectivity index (χ0n) is 20.2. The number of carbonyl (C=O) groups is 1. The summed E-state index contributed by atoms with van der Waals surface area (Å²) in [4.78, 5) is 24.2. The first-order valence-electron chi connectivity index (χ1n) is 11.6. The summed E-state index contributed by atoms with van der Waals surface area (Å²) in [7, 11) is 1.52. The van der Waals surface area contributed by atoms with Crippen LogP contribution in [0.1, 0.15) is 18.9 Å². The van der Waals surface area contributed by atoms with Crippen molar-refractivity contribution in [1.29, 1.82) is 0 Å². The molecule has 4 aromatic rings. The number of rotatable bonds is 11. The molecular weight excluding hydrogens is 480 g/mol. The lowest BCUT2D eigenvalue weighted by molar-refractivity contribution is -0.126. The van der Waals surface area contributed by atoms with Gasteiger partial charge < -0.3 is 18.6 Å². The number of carbonyl (C=O) groups excluding carboxylic acids is 1. The first-order chi connectivity index (χ1) is 17.4. The van der Waals surface area contributed by atoms with Crippen LogP contribution in [-0.2, 0) is 16.0 Å². The molecule has 0 unspecified atom stereocenters. The number of Topliss-reactive ketones (excluding diaryl/α,β-unsaturated/α-hetero) is 1. The fourth-order valence-electron chi connectivity index (χ4n) is 3.80. The molecule has 36 heavy (non-hydrogen) atoms. The lowest BCUT2D eigenvalue weighted by atomic mass is 10.1. The molecule has 0 aliphatic carbocycles. The summed E-state index contributed by atoms with van der Waals surface area (Å²) < 4.78 is 22.7. The lowest BCUT2D eigenvalue weighted by Gasteiger charge is -2.14. The summed E-state index contributed by atoms with van der Waals surface area (Å²) in [6, 6.07) is 21.7. The number of benzene rings is 3. The van der Waals surface area contributed by atoms with E-state index in [1.54, 1.807) is 30.3 Å². The van der Waals surface area contributed by atoms with E-state index in [2.05, 4.69) is 0 Å². The van der Waals surface area contributed by atoms with Gasteiger partial charge in [-0.15, -0.1) is 0 Å². The molecule has 0 bridgehead atoms. The van der Waals surface area contributed by atoms with E-state index in [0.717, 1.165) is 11.1 Å². The minimum absolute atomic E-state index is 0.0295. The first kappa shape index (κ1) is 25.5. The van der Waals surface area contributed by atoms with Crippen molar-refractivity contribution in [2.24, 2.45) is 0 Å². The third-order valence-electron chi connectivity index (χ3n) is 5.73. The van der Waals surface area contributed by atoms with Crippen molar-refractivity contribution in [3.63, 3.8) is 0 Å². The summed E-state index contributed by atoms with van der Waals surface area (Å²) in [5.41, 5.74) is 2.13. The highest BCUT2D eigenvalue weighted by atomic mass is 35.5. The fraction of sp³-hybridized carbons (Fsp3) is 0.241. The largest absolute Gasteiger partial charge is 0.493 e. The van der Waals surface area contributed by atoms with Crippen molar-refractivity contribution >= 4 is 28.4 Å². The van der Waals surface area contributed by atoms with E-state index in [9.17, 15) is 9.59 Å². The zero-order chi connectivity index (χ0) is 25.5. The molecule has 3 aromatic carbocycles. The van der Waals surface area contributed by atoms with Gasteiger partial charge in [-0.1, -0.05) is 48.0 Å². The molecule has 186 valence electrons. The predicted octanol–water partition coefficient (Wildman–Crippen LogP) is 6.11. The normalized spacial score (nSPS) is 11.9. The molecule has 0 saturated heterocycles. The summed E-state index contributed by atoms with van der Waals surface area (Å²) >= 11 is 6.34. The van der Waals surface area contributed by atoms with Crippen LogP contribution in [0.5, 0.6) is 11.5 Å². The van der Waals surface area contributed by atoms with Crippen molar-refractivity contribution in [1.82, 2.24) is 0 Å². The maximum Gasteiger partial charge on any atom is 0.193 e. The Morgan fingerprint density at radius 3 is 2.47 bits per heavy atom. The van der Waals surface area contributed by atoms with E-state index in [-0.39, 0.29) is 11.2 Å². The van der Waals surface area contributed by atoms with Gasteiger partial charge in [0.2, 0.25) is 0 Å². The number of hydrogen-bond donors (Lipinski definition) is 0. The second-order valence-corrected chi connectivity index (χ2v) is 8.76. The average molecular weight is 507 g/mol. The SMILES string of the molecule is CO[C@@H](Cc1ccc(OCCCOc2ccc3oc(-c4ccccc4)cc(=O)c3c2)c(Cl)c1)C(C)=O. The third kappa shape index (κ3) is 6.33. The van der Waals surface area contributed by atoms with Crippen LogP contribution in [0.25, 0.3) is 22.3 Å². The van der Waals surface area contributed by atoms with Gasteiger partial charge in [0.15, 0.2) is 11.2 Å². The summed E-state index contributed by atoms with van der Waals surface area (Å²) in [6.45, 7) is 2.32. The van der Waals surface area contributed by atoms with Crippen LogP contribution in [0.2, 0.25) is 5.02 Å². The Bertz CT molecular complexity index is 1400. The van der Waals surface area contributed by atoms with Crippen molar-refractivity contribution < 1.29 is 23.4 Å². The maximum absolute atomic E-state index is 12.7. The highest BCUT2D eigenvalue weighted by molar-refractivity contribution is 6.32. The summed E-state index contributed by atoms with van der Waals surface area (Å²) in [5.74, 6) is 1.65. The van der Waals surface area contributed by atoms with Gasteiger partial charge in [-0.2, -0.15) is 0 Å². The second kappa shape index (κ2) is 11.9. The first-order valence-corrected chi connectivity index (χ1v) is 12.0. The molecule has 0 spiro atoms. The van der Waals surface area contributed by atoms with Crippen molar-refractivity contribution in [2.45, 2.75) is 25.9 Å². The molecule has 0 fully saturated rings. The van der Waals surface area contributed by atoms with Crippen LogP contribution in [0, 0.1) is 0 Å². The van der Waals surface area contributed by atoms with Gasteiger partial charge in [-0.05, 0) is 42.8 Å². The van der Waals surface area contributed by atoms with Crippen LogP contribution in [0.4, 0.5) is 0 Å². The molecule has 0 aliphatic heterocycles. The van der Waals surface area contributed by atoms with Crippen LogP contribution in [0.3, 0.4) is 0 Å². The molecule has 4 rings (SSSR count). The Labute approximate surface area is 214 Å². The molecule has 0 saturated carbocycles. The van der Waals surface area contributed by atoms with E-state index in [1.165, 1.54) is 20.1 Å². The van der Waals surface area contributed by atoms with Gasteiger partial charge in [-0.25, -0.2) is 0 Å². The van der Waals surface area contributed by atoms with Crippen LogP contribution in [-0.4, -0.2) is 32.2 Å². The molecule has 0 amide bonds. The highest BCUT2D eigenvalue weighted by Gasteiger charge is 2.15. The van der Waals surface area contributed by atoms with Crippen molar-refractivity contribution in [2.75, 3.05) is 20.3 Å². The molecule has 0 N–H and O–H groups in total. The standard InChI is InChI=1S/C29H27ClO6/c1-19(31)28(33-2)16-20-9-11-27(24(30)15-20)35-14-6-13-34-22-10-12-26-23(17-22)25(32)18-29(36-26)21-7-4-3-5-8-21/h3-5,7-12,15,17-18,28H,6,13-14,16H2,1-2H3/t28-/m0/s1. The summed E-state index contributed by atoms with van der Waals surface area (Å²) in [5, 5.41) is 0.943. The zero-order valence-corrected chi connectivity index (χ0v) is 20.9. The van der Waals surface area contributed by atoms with Gasteiger partial charge in [0.05, 0.1) is 23.6 Å².